The summed E-state index contributed by atoms with van der Waals surface area (Å²) in [6, 6.07) is 16.1. The minimum absolute atomic E-state index is 0.235. The molecule has 4 aromatic rings. The largest absolute Gasteiger partial charge is 0.494 e. The van der Waals surface area contributed by atoms with Crippen LogP contribution in [0.1, 0.15) is 19.9 Å². The van der Waals surface area contributed by atoms with Crippen molar-refractivity contribution in [1.29, 1.82) is 0 Å². The molecule has 0 fully saturated rings. The minimum Gasteiger partial charge on any atom is -0.494 e. The molecule has 152 valence electrons. The Morgan fingerprint density at radius 1 is 1.17 bits per heavy atom. The second kappa shape index (κ2) is 8.51. The van der Waals surface area contributed by atoms with Gasteiger partial charge in [-0.1, -0.05) is 30.3 Å². The summed E-state index contributed by atoms with van der Waals surface area (Å²) < 4.78 is 6.88. The fourth-order valence-electron chi connectivity index (χ4n) is 3.23. The number of thiophene rings is 1. The summed E-state index contributed by atoms with van der Waals surface area (Å²) in [6.07, 6.45) is 1.44. The Labute approximate surface area is 177 Å². The summed E-state index contributed by atoms with van der Waals surface area (Å²) in [6.45, 7) is 4.22. The lowest BCUT2D eigenvalue weighted by atomic mass is 10.1. The van der Waals surface area contributed by atoms with Gasteiger partial charge in [0.05, 0.1) is 18.3 Å². The molecule has 30 heavy (non-hydrogen) atoms. The number of para-hydroxylation sites is 1. The Morgan fingerprint density at radius 3 is 2.60 bits per heavy atom. The summed E-state index contributed by atoms with van der Waals surface area (Å²) in [5.74, 6) is 0.504. The molecule has 2 aromatic heterocycles. The first-order valence-corrected chi connectivity index (χ1v) is 10.5. The van der Waals surface area contributed by atoms with Crippen LogP contribution in [-0.4, -0.2) is 22.1 Å². The Morgan fingerprint density at radius 2 is 1.90 bits per heavy atom. The van der Waals surface area contributed by atoms with E-state index in [0.29, 0.717) is 22.5 Å². The van der Waals surface area contributed by atoms with E-state index in [0.717, 1.165) is 16.9 Å². The lowest BCUT2D eigenvalue weighted by Crippen LogP contribution is -2.31. The second-order valence-corrected chi connectivity index (χ2v) is 7.63. The Hall–Kier alpha value is -3.45. The van der Waals surface area contributed by atoms with Crippen LogP contribution in [0.25, 0.3) is 21.3 Å². The first-order chi connectivity index (χ1) is 14.6. The number of nitrogens with one attached hydrogen (secondary N) is 1. The smallest absolute Gasteiger partial charge is 0.263 e. The van der Waals surface area contributed by atoms with Crippen molar-refractivity contribution in [2.24, 2.45) is 0 Å². The van der Waals surface area contributed by atoms with Crippen molar-refractivity contribution in [3.8, 4) is 16.9 Å². The maximum atomic E-state index is 13.3. The van der Waals surface area contributed by atoms with E-state index in [9.17, 15) is 9.59 Å². The van der Waals surface area contributed by atoms with Crippen molar-refractivity contribution in [1.82, 2.24) is 9.55 Å². The maximum Gasteiger partial charge on any atom is 0.263 e. The van der Waals surface area contributed by atoms with E-state index in [1.807, 2.05) is 54.8 Å². The molecule has 4 rings (SSSR count). The molecule has 1 atom stereocenters. The number of fused-ring (bicyclic) bond motifs is 1. The molecule has 6 nitrogen and oxygen atoms in total. The quantitative estimate of drug-likeness (QED) is 0.491. The third kappa shape index (κ3) is 3.84. The molecule has 0 unspecified atom stereocenters. The van der Waals surface area contributed by atoms with Gasteiger partial charge in [0.1, 0.15) is 16.6 Å². The predicted molar refractivity (Wildman–Crippen MR) is 120 cm³/mol. The second-order valence-electron chi connectivity index (χ2n) is 6.78. The van der Waals surface area contributed by atoms with E-state index >= 15 is 0 Å². The number of carbonyl (C=O) groups is 1. The third-order valence-electron chi connectivity index (χ3n) is 4.83. The molecular weight excluding hydrogens is 398 g/mol. The number of rotatable bonds is 6. The SMILES string of the molecule is CCOc1ccc(-c2csc3ncn([C@@H](C)C(=O)Nc4ccccc4)c(=O)c23)cc1. The monoisotopic (exact) mass is 419 g/mol. The van der Waals surface area contributed by atoms with Gasteiger partial charge < -0.3 is 10.1 Å². The highest BCUT2D eigenvalue weighted by atomic mass is 32.1. The summed E-state index contributed by atoms with van der Waals surface area (Å²) >= 11 is 1.41. The Bertz CT molecular complexity index is 1230. The topological polar surface area (TPSA) is 73.2 Å². The van der Waals surface area contributed by atoms with Gasteiger partial charge in [-0.25, -0.2) is 4.98 Å². The van der Waals surface area contributed by atoms with Gasteiger partial charge in [-0.3, -0.25) is 14.2 Å². The molecule has 0 radical (unpaired) electrons. The average Bonchev–Trinajstić information content (AvgIpc) is 3.20. The van der Waals surface area contributed by atoms with Crippen molar-refractivity contribution >= 4 is 33.1 Å². The minimum atomic E-state index is -0.706. The number of aromatic nitrogens is 2. The molecule has 1 amide bonds. The molecule has 0 aliphatic rings. The summed E-state index contributed by atoms with van der Waals surface area (Å²) in [4.78, 5) is 31.0. The molecule has 0 aliphatic heterocycles. The molecule has 1 N–H and O–H groups in total. The molecule has 2 aromatic carbocycles. The third-order valence-corrected chi connectivity index (χ3v) is 5.72. The highest BCUT2D eigenvalue weighted by molar-refractivity contribution is 7.17. The molecule has 2 heterocycles. The Kier molecular flexibility index (Phi) is 5.63. The summed E-state index contributed by atoms with van der Waals surface area (Å²) in [5, 5.41) is 5.28. The van der Waals surface area contributed by atoms with E-state index < -0.39 is 6.04 Å². The number of nitrogens with zero attached hydrogens (tertiary/aromatic N) is 2. The van der Waals surface area contributed by atoms with E-state index in [1.54, 1.807) is 19.1 Å². The van der Waals surface area contributed by atoms with Gasteiger partial charge in [0.2, 0.25) is 5.91 Å². The number of anilines is 1. The van der Waals surface area contributed by atoms with Gasteiger partial charge in [-0.2, -0.15) is 0 Å². The number of benzene rings is 2. The molecular formula is C23H21N3O3S. The van der Waals surface area contributed by atoms with Gasteiger partial charge >= 0.3 is 0 Å². The fraction of sp³-hybridized carbons (Fsp3) is 0.174. The normalized spacial score (nSPS) is 11.9. The maximum absolute atomic E-state index is 13.3. The van der Waals surface area contributed by atoms with Gasteiger partial charge in [0, 0.05) is 16.6 Å². The fourth-order valence-corrected chi connectivity index (χ4v) is 4.13. The average molecular weight is 420 g/mol. The predicted octanol–water partition coefficient (Wildman–Crippen LogP) is 4.72. The van der Waals surface area contributed by atoms with Crippen molar-refractivity contribution in [3.05, 3.63) is 76.7 Å². The van der Waals surface area contributed by atoms with E-state index in [2.05, 4.69) is 10.3 Å². The van der Waals surface area contributed by atoms with Crippen LogP contribution in [0.4, 0.5) is 5.69 Å². The van der Waals surface area contributed by atoms with Crippen molar-refractivity contribution in [2.45, 2.75) is 19.9 Å². The number of hydrogen-bond acceptors (Lipinski definition) is 5. The highest BCUT2D eigenvalue weighted by Crippen LogP contribution is 2.32. The first kappa shape index (κ1) is 19.8. The molecule has 0 saturated heterocycles. The summed E-state index contributed by atoms with van der Waals surface area (Å²) in [7, 11) is 0. The highest BCUT2D eigenvalue weighted by Gasteiger charge is 2.20. The van der Waals surface area contributed by atoms with Crippen LogP contribution in [-0.2, 0) is 4.79 Å². The van der Waals surface area contributed by atoms with Crippen LogP contribution in [0.2, 0.25) is 0 Å². The van der Waals surface area contributed by atoms with Gasteiger partial charge in [-0.15, -0.1) is 11.3 Å². The zero-order valence-corrected chi connectivity index (χ0v) is 17.5. The van der Waals surface area contributed by atoms with E-state index in [4.69, 9.17) is 4.74 Å². The Balaban J connectivity index is 1.69. The van der Waals surface area contributed by atoms with Gasteiger partial charge in [0.25, 0.3) is 5.56 Å². The van der Waals surface area contributed by atoms with Crippen LogP contribution in [0.5, 0.6) is 5.75 Å². The van der Waals surface area contributed by atoms with E-state index in [-0.39, 0.29) is 11.5 Å². The zero-order valence-electron chi connectivity index (χ0n) is 16.7. The molecule has 0 aliphatic carbocycles. The lowest BCUT2D eigenvalue weighted by Gasteiger charge is -2.15. The van der Waals surface area contributed by atoms with Crippen molar-refractivity contribution in [3.63, 3.8) is 0 Å². The van der Waals surface area contributed by atoms with Crippen LogP contribution < -0.4 is 15.6 Å². The van der Waals surface area contributed by atoms with Crippen molar-refractivity contribution < 1.29 is 9.53 Å². The first-order valence-electron chi connectivity index (χ1n) is 9.66. The number of ether oxygens (including phenoxy) is 1. The zero-order chi connectivity index (χ0) is 21.1. The van der Waals surface area contributed by atoms with Crippen LogP contribution in [0, 0.1) is 0 Å². The number of hydrogen-bond donors (Lipinski definition) is 1. The number of amides is 1. The standard InChI is InChI=1S/C23H21N3O3S/c1-3-29-18-11-9-16(10-12-18)19-13-30-22-20(19)23(28)26(14-24-22)15(2)21(27)25-17-7-5-4-6-8-17/h4-15H,3H2,1-2H3,(H,25,27)/t15-/m0/s1. The van der Waals surface area contributed by atoms with E-state index in [1.165, 1.54) is 22.2 Å². The van der Waals surface area contributed by atoms with Crippen molar-refractivity contribution in [2.75, 3.05) is 11.9 Å². The number of carbonyl (C=O) groups excluding carboxylic acids is 1. The van der Waals surface area contributed by atoms with Gasteiger partial charge in [0.15, 0.2) is 0 Å². The molecule has 7 heteroatoms. The molecule has 0 spiro atoms. The lowest BCUT2D eigenvalue weighted by molar-refractivity contribution is -0.118. The van der Waals surface area contributed by atoms with Crippen LogP contribution in [0.15, 0.2) is 71.1 Å². The van der Waals surface area contributed by atoms with Crippen LogP contribution in [0.3, 0.4) is 0 Å². The molecule has 0 bridgehead atoms. The summed E-state index contributed by atoms with van der Waals surface area (Å²) in [5.41, 5.74) is 2.16. The molecule has 0 saturated carbocycles. The van der Waals surface area contributed by atoms with Crippen LogP contribution >= 0.6 is 11.3 Å². The van der Waals surface area contributed by atoms with Gasteiger partial charge in [-0.05, 0) is 43.7 Å².